The molecule has 5 heteroatoms. The average Bonchev–Trinajstić information content (AvgIpc) is 2.60. The summed E-state index contributed by atoms with van der Waals surface area (Å²) in [7, 11) is 1.62. The molecule has 92 valence electrons. The van der Waals surface area contributed by atoms with Crippen LogP contribution < -0.4 is 0 Å². The number of rotatable bonds is 6. The van der Waals surface area contributed by atoms with Crippen LogP contribution in [0, 0.1) is 5.92 Å². The first-order valence-corrected chi connectivity index (χ1v) is 5.87. The van der Waals surface area contributed by atoms with Gasteiger partial charge in [-0.25, -0.2) is 0 Å². The third kappa shape index (κ3) is 2.97. The van der Waals surface area contributed by atoms with E-state index in [0.29, 0.717) is 17.3 Å². The zero-order valence-corrected chi connectivity index (χ0v) is 10.7. The quantitative estimate of drug-likeness (QED) is 0.838. The number of aliphatic hydroxyl groups is 1. The van der Waals surface area contributed by atoms with Gasteiger partial charge in [0.15, 0.2) is 0 Å². The van der Waals surface area contributed by atoms with Gasteiger partial charge in [-0.05, 0) is 6.42 Å². The molecule has 0 spiro atoms. The SMILES string of the molecule is CCCn1ncc(Cl)c1C(O)C(C)COC. The highest BCUT2D eigenvalue weighted by Crippen LogP contribution is 2.28. The summed E-state index contributed by atoms with van der Waals surface area (Å²) in [6.45, 7) is 5.24. The fourth-order valence-corrected chi connectivity index (χ4v) is 1.93. The Morgan fingerprint density at radius 1 is 1.62 bits per heavy atom. The summed E-state index contributed by atoms with van der Waals surface area (Å²) in [5, 5.41) is 14.8. The number of nitrogens with zero attached hydrogens (tertiary/aromatic N) is 2. The number of hydrogen-bond donors (Lipinski definition) is 1. The lowest BCUT2D eigenvalue weighted by molar-refractivity contribution is 0.0511. The van der Waals surface area contributed by atoms with E-state index < -0.39 is 6.10 Å². The number of aryl methyl sites for hydroxylation is 1. The first kappa shape index (κ1) is 13.5. The van der Waals surface area contributed by atoms with Crippen LogP contribution in [0.15, 0.2) is 6.20 Å². The van der Waals surface area contributed by atoms with Crippen molar-refractivity contribution in [3.8, 4) is 0 Å². The molecule has 1 heterocycles. The summed E-state index contributed by atoms with van der Waals surface area (Å²) in [6, 6.07) is 0. The molecule has 0 aromatic carbocycles. The smallest absolute Gasteiger partial charge is 0.102 e. The monoisotopic (exact) mass is 246 g/mol. The van der Waals surface area contributed by atoms with Crippen molar-refractivity contribution in [2.75, 3.05) is 13.7 Å². The Labute approximate surface area is 101 Å². The average molecular weight is 247 g/mol. The zero-order chi connectivity index (χ0) is 12.1. The maximum Gasteiger partial charge on any atom is 0.102 e. The number of ether oxygens (including phenoxy) is 1. The van der Waals surface area contributed by atoms with Crippen molar-refractivity contribution in [2.45, 2.75) is 32.9 Å². The number of hydrogen-bond acceptors (Lipinski definition) is 3. The lowest BCUT2D eigenvalue weighted by Crippen LogP contribution is -2.19. The minimum Gasteiger partial charge on any atom is -0.386 e. The lowest BCUT2D eigenvalue weighted by Gasteiger charge is -2.19. The molecule has 0 amide bonds. The first-order valence-electron chi connectivity index (χ1n) is 5.50. The van der Waals surface area contributed by atoms with Gasteiger partial charge < -0.3 is 9.84 Å². The summed E-state index contributed by atoms with van der Waals surface area (Å²) >= 11 is 6.04. The Kier molecular flexibility index (Phi) is 5.25. The molecule has 0 radical (unpaired) electrons. The summed E-state index contributed by atoms with van der Waals surface area (Å²) < 4.78 is 6.79. The van der Waals surface area contributed by atoms with Gasteiger partial charge >= 0.3 is 0 Å². The minimum atomic E-state index is -0.638. The molecular weight excluding hydrogens is 228 g/mol. The van der Waals surface area contributed by atoms with E-state index in [0.717, 1.165) is 13.0 Å². The van der Waals surface area contributed by atoms with E-state index in [9.17, 15) is 5.11 Å². The molecule has 0 fully saturated rings. The Hall–Kier alpha value is -0.580. The fourth-order valence-electron chi connectivity index (χ4n) is 1.68. The molecule has 0 saturated heterocycles. The van der Waals surface area contributed by atoms with Gasteiger partial charge in [0.05, 0.1) is 23.5 Å². The van der Waals surface area contributed by atoms with Crippen LogP contribution in [-0.2, 0) is 11.3 Å². The number of halogens is 1. The zero-order valence-electron chi connectivity index (χ0n) is 9.98. The molecule has 0 saturated carbocycles. The van der Waals surface area contributed by atoms with Gasteiger partial charge in [0.1, 0.15) is 6.10 Å². The highest BCUT2D eigenvalue weighted by atomic mass is 35.5. The maximum atomic E-state index is 10.2. The van der Waals surface area contributed by atoms with Crippen LogP contribution in [-0.4, -0.2) is 28.6 Å². The van der Waals surface area contributed by atoms with Crippen molar-refractivity contribution in [1.82, 2.24) is 9.78 Å². The first-order chi connectivity index (χ1) is 7.61. The summed E-state index contributed by atoms with van der Waals surface area (Å²) in [4.78, 5) is 0. The van der Waals surface area contributed by atoms with E-state index in [1.807, 2.05) is 6.92 Å². The third-order valence-electron chi connectivity index (χ3n) is 2.52. The van der Waals surface area contributed by atoms with Crippen molar-refractivity contribution in [1.29, 1.82) is 0 Å². The second kappa shape index (κ2) is 6.23. The second-order valence-corrected chi connectivity index (χ2v) is 4.39. The Morgan fingerprint density at radius 3 is 2.88 bits per heavy atom. The normalized spacial score (nSPS) is 15.1. The van der Waals surface area contributed by atoms with Crippen LogP contribution in [0.25, 0.3) is 0 Å². The van der Waals surface area contributed by atoms with Crippen molar-refractivity contribution >= 4 is 11.6 Å². The molecule has 1 N–H and O–H groups in total. The van der Waals surface area contributed by atoms with Gasteiger partial charge in [-0.1, -0.05) is 25.4 Å². The molecular formula is C11H19ClN2O2. The number of aromatic nitrogens is 2. The Balaban J connectivity index is 2.87. The van der Waals surface area contributed by atoms with Crippen molar-refractivity contribution < 1.29 is 9.84 Å². The van der Waals surface area contributed by atoms with Crippen LogP contribution in [0.4, 0.5) is 0 Å². The standard InChI is InChI=1S/C11H19ClN2O2/c1-4-5-14-10(9(12)6-13-14)11(15)8(2)7-16-3/h6,8,11,15H,4-5,7H2,1-3H3. The van der Waals surface area contributed by atoms with Gasteiger partial charge in [0.2, 0.25) is 0 Å². The van der Waals surface area contributed by atoms with E-state index in [1.165, 1.54) is 0 Å². The molecule has 2 unspecified atom stereocenters. The molecule has 16 heavy (non-hydrogen) atoms. The highest BCUT2D eigenvalue weighted by Gasteiger charge is 2.23. The Bertz CT molecular complexity index is 328. The topological polar surface area (TPSA) is 47.3 Å². The van der Waals surface area contributed by atoms with Gasteiger partial charge in [0, 0.05) is 19.6 Å². The van der Waals surface area contributed by atoms with E-state index in [4.69, 9.17) is 16.3 Å². The van der Waals surface area contributed by atoms with Gasteiger partial charge in [-0.3, -0.25) is 4.68 Å². The molecule has 4 nitrogen and oxygen atoms in total. The molecule has 0 aliphatic rings. The molecule has 0 bridgehead atoms. The molecule has 2 atom stereocenters. The van der Waals surface area contributed by atoms with E-state index in [2.05, 4.69) is 12.0 Å². The van der Waals surface area contributed by atoms with Crippen LogP contribution >= 0.6 is 11.6 Å². The van der Waals surface area contributed by atoms with Crippen LogP contribution in [0.3, 0.4) is 0 Å². The van der Waals surface area contributed by atoms with Crippen molar-refractivity contribution in [3.63, 3.8) is 0 Å². The van der Waals surface area contributed by atoms with E-state index in [-0.39, 0.29) is 5.92 Å². The summed E-state index contributed by atoms with van der Waals surface area (Å²) in [5.41, 5.74) is 0.688. The van der Waals surface area contributed by atoms with Crippen molar-refractivity contribution in [2.24, 2.45) is 5.92 Å². The highest BCUT2D eigenvalue weighted by molar-refractivity contribution is 6.31. The van der Waals surface area contributed by atoms with Crippen LogP contribution in [0.5, 0.6) is 0 Å². The fraction of sp³-hybridized carbons (Fsp3) is 0.727. The van der Waals surface area contributed by atoms with Crippen LogP contribution in [0.1, 0.15) is 32.1 Å². The molecule has 1 aromatic heterocycles. The summed E-state index contributed by atoms with van der Waals surface area (Å²) in [6.07, 6.45) is 1.90. The van der Waals surface area contributed by atoms with Crippen LogP contribution in [0.2, 0.25) is 5.02 Å². The predicted molar refractivity (Wildman–Crippen MR) is 63.5 cm³/mol. The molecule has 1 aromatic rings. The Morgan fingerprint density at radius 2 is 2.31 bits per heavy atom. The van der Waals surface area contributed by atoms with E-state index in [1.54, 1.807) is 18.0 Å². The van der Waals surface area contributed by atoms with E-state index >= 15 is 0 Å². The van der Waals surface area contributed by atoms with Gasteiger partial charge in [-0.15, -0.1) is 0 Å². The number of aliphatic hydroxyl groups excluding tert-OH is 1. The molecule has 1 rings (SSSR count). The number of methoxy groups -OCH3 is 1. The predicted octanol–water partition coefficient (Wildman–Crippen LogP) is 2.26. The van der Waals surface area contributed by atoms with Crippen molar-refractivity contribution in [3.05, 3.63) is 16.9 Å². The molecule has 0 aliphatic carbocycles. The van der Waals surface area contributed by atoms with Gasteiger partial charge in [0.25, 0.3) is 0 Å². The third-order valence-corrected chi connectivity index (χ3v) is 2.81. The second-order valence-electron chi connectivity index (χ2n) is 3.98. The summed E-state index contributed by atoms with van der Waals surface area (Å²) in [5.74, 6) is -0.00481. The lowest BCUT2D eigenvalue weighted by atomic mass is 10.0. The van der Waals surface area contributed by atoms with Gasteiger partial charge in [-0.2, -0.15) is 5.10 Å². The maximum absolute atomic E-state index is 10.2. The molecule has 0 aliphatic heterocycles. The largest absolute Gasteiger partial charge is 0.386 e. The minimum absolute atomic E-state index is 0.00481.